The smallest absolute Gasteiger partial charge is 0.213 e. The number of rotatable bonds is 2. The fraction of sp³-hybridized carbons (Fsp3) is 0.545. The highest BCUT2D eigenvalue weighted by molar-refractivity contribution is 5.26. The van der Waals surface area contributed by atoms with Gasteiger partial charge in [0.25, 0.3) is 0 Å². The SMILES string of the molecule is CCOc1cc(C(C)(C)C)ccn1. The van der Waals surface area contributed by atoms with Gasteiger partial charge in [0.2, 0.25) is 5.88 Å². The van der Waals surface area contributed by atoms with Crippen molar-refractivity contribution in [3.05, 3.63) is 23.9 Å². The third-order valence-electron chi connectivity index (χ3n) is 1.89. The maximum absolute atomic E-state index is 5.33. The van der Waals surface area contributed by atoms with Gasteiger partial charge < -0.3 is 4.74 Å². The predicted molar refractivity (Wildman–Crippen MR) is 54.1 cm³/mol. The zero-order valence-corrected chi connectivity index (χ0v) is 8.79. The number of pyridine rings is 1. The molecule has 1 rings (SSSR count). The van der Waals surface area contributed by atoms with E-state index in [9.17, 15) is 0 Å². The van der Waals surface area contributed by atoms with E-state index in [-0.39, 0.29) is 5.41 Å². The largest absolute Gasteiger partial charge is 0.478 e. The van der Waals surface area contributed by atoms with Crippen molar-refractivity contribution in [2.75, 3.05) is 6.61 Å². The molecule has 0 N–H and O–H groups in total. The van der Waals surface area contributed by atoms with E-state index in [1.54, 1.807) is 6.20 Å². The molecule has 1 aromatic rings. The fourth-order valence-corrected chi connectivity index (χ4v) is 1.10. The van der Waals surface area contributed by atoms with Crippen LogP contribution in [0.15, 0.2) is 18.3 Å². The Balaban J connectivity index is 2.92. The van der Waals surface area contributed by atoms with E-state index in [1.807, 2.05) is 19.1 Å². The number of hydrogen-bond donors (Lipinski definition) is 0. The topological polar surface area (TPSA) is 22.1 Å². The van der Waals surface area contributed by atoms with E-state index in [1.165, 1.54) is 5.56 Å². The highest BCUT2D eigenvalue weighted by atomic mass is 16.5. The molecule has 0 saturated carbocycles. The first kappa shape index (κ1) is 10.0. The summed E-state index contributed by atoms with van der Waals surface area (Å²) >= 11 is 0. The van der Waals surface area contributed by atoms with Crippen LogP contribution in [0.2, 0.25) is 0 Å². The van der Waals surface area contributed by atoms with Gasteiger partial charge in [-0.25, -0.2) is 4.98 Å². The summed E-state index contributed by atoms with van der Waals surface area (Å²) in [5.41, 5.74) is 1.42. The third kappa shape index (κ3) is 2.72. The molecule has 72 valence electrons. The summed E-state index contributed by atoms with van der Waals surface area (Å²) in [5.74, 6) is 0.718. The van der Waals surface area contributed by atoms with Gasteiger partial charge in [-0.05, 0) is 24.0 Å². The van der Waals surface area contributed by atoms with Crippen LogP contribution >= 0.6 is 0 Å². The molecule has 0 saturated heterocycles. The van der Waals surface area contributed by atoms with E-state index in [2.05, 4.69) is 25.8 Å². The van der Waals surface area contributed by atoms with Gasteiger partial charge in [0.1, 0.15) is 0 Å². The molecular weight excluding hydrogens is 162 g/mol. The average Bonchev–Trinajstić information content (AvgIpc) is 2.04. The highest BCUT2D eigenvalue weighted by Gasteiger charge is 2.14. The van der Waals surface area contributed by atoms with Crippen LogP contribution in [0.5, 0.6) is 5.88 Å². The summed E-state index contributed by atoms with van der Waals surface area (Å²) in [6, 6.07) is 4.03. The van der Waals surface area contributed by atoms with Crippen molar-refractivity contribution in [2.45, 2.75) is 33.1 Å². The van der Waals surface area contributed by atoms with Crippen LogP contribution in [0, 0.1) is 0 Å². The summed E-state index contributed by atoms with van der Waals surface area (Å²) < 4.78 is 5.33. The lowest BCUT2D eigenvalue weighted by Crippen LogP contribution is -2.11. The number of hydrogen-bond acceptors (Lipinski definition) is 2. The van der Waals surface area contributed by atoms with Crippen molar-refractivity contribution in [1.82, 2.24) is 4.98 Å². The van der Waals surface area contributed by atoms with E-state index >= 15 is 0 Å². The van der Waals surface area contributed by atoms with Gasteiger partial charge in [-0.2, -0.15) is 0 Å². The Morgan fingerprint density at radius 3 is 2.62 bits per heavy atom. The molecular formula is C11H17NO. The zero-order chi connectivity index (χ0) is 9.90. The van der Waals surface area contributed by atoms with Crippen LogP contribution in [-0.2, 0) is 5.41 Å². The van der Waals surface area contributed by atoms with Gasteiger partial charge in [-0.3, -0.25) is 0 Å². The first-order valence-electron chi connectivity index (χ1n) is 4.63. The minimum Gasteiger partial charge on any atom is -0.478 e. The molecule has 13 heavy (non-hydrogen) atoms. The summed E-state index contributed by atoms with van der Waals surface area (Å²) in [4.78, 5) is 4.12. The molecule has 0 radical (unpaired) electrons. The molecule has 0 fully saturated rings. The summed E-state index contributed by atoms with van der Waals surface area (Å²) in [7, 11) is 0. The maximum Gasteiger partial charge on any atom is 0.213 e. The van der Waals surface area contributed by atoms with Gasteiger partial charge in [-0.15, -0.1) is 0 Å². The lowest BCUT2D eigenvalue weighted by Gasteiger charge is -2.19. The van der Waals surface area contributed by atoms with Crippen molar-refractivity contribution in [3.63, 3.8) is 0 Å². The Morgan fingerprint density at radius 2 is 2.08 bits per heavy atom. The molecule has 0 bridgehead atoms. The van der Waals surface area contributed by atoms with Gasteiger partial charge in [0.05, 0.1) is 6.61 Å². The van der Waals surface area contributed by atoms with Crippen molar-refractivity contribution < 1.29 is 4.74 Å². The molecule has 0 amide bonds. The van der Waals surface area contributed by atoms with Crippen molar-refractivity contribution in [2.24, 2.45) is 0 Å². The molecule has 0 aliphatic rings. The predicted octanol–water partition coefficient (Wildman–Crippen LogP) is 2.78. The number of nitrogens with zero attached hydrogens (tertiary/aromatic N) is 1. The van der Waals surface area contributed by atoms with E-state index in [0.29, 0.717) is 6.61 Å². The molecule has 0 aliphatic heterocycles. The Hall–Kier alpha value is -1.05. The highest BCUT2D eigenvalue weighted by Crippen LogP contribution is 2.23. The minimum absolute atomic E-state index is 0.161. The van der Waals surface area contributed by atoms with Crippen LogP contribution in [0.25, 0.3) is 0 Å². The van der Waals surface area contributed by atoms with Crippen molar-refractivity contribution in [3.8, 4) is 5.88 Å². The second kappa shape index (κ2) is 3.77. The Kier molecular flexibility index (Phi) is 2.91. The lowest BCUT2D eigenvalue weighted by molar-refractivity contribution is 0.325. The minimum atomic E-state index is 0.161. The third-order valence-corrected chi connectivity index (χ3v) is 1.89. The van der Waals surface area contributed by atoms with Crippen LogP contribution in [-0.4, -0.2) is 11.6 Å². The molecule has 2 heteroatoms. The summed E-state index contributed by atoms with van der Waals surface area (Å²) in [6.07, 6.45) is 1.80. The van der Waals surface area contributed by atoms with E-state index in [4.69, 9.17) is 4.74 Å². The number of aromatic nitrogens is 1. The maximum atomic E-state index is 5.33. The van der Waals surface area contributed by atoms with Crippen LogP contribution in [0.4, 0.5) is 0 Å². The van der Waals surface area contributed by atoms with Gasteiger partial charge in [0, 0.05) is 12.3 Å². The second-order valence-electron chi connectivity index (χ2n) is 4.07. The number of ether oxygens (including phenoxy) is 1. The molecule has 0 atom stereocenters. The standard InChI is InChI=1S/C11H17NO/c1-5-13-10-8-9(6-7-12-10)11(2,3)4/h6-8H,5H2,1-4H3. The molecule has 0 unspecified atom stereocenters. The van der Waals surface area contributed by atoms with Gasteiger partial charge in [0.15, 0.2) is 0 Å². The molecule has 1 heterocycles. The normalized spacial score (nSPS) is 11.4. The van der Waals surface area contributed by atoms with Crippen LogP contribution in [0.1, 0.15) is 33.3 Å². The van der Waals surface area contributed by atoms with Crippen molar-refractivity contribution in [1.29, 1.82) is 0 Å². The van der Waals surface area contributed by atoms with Gasteiger partial charge >= 0.3 is 0 Å². The molecule has 0 aliphatic carbocycles. The zero-order valence-electron chi connectivity index (χ0n) is 8.79. The molecule has 2 nitrogen and oxygen atoms in total. The lowest BCUT2D eigenvalue weighted by atomic mass is 9.88. The average molecular weight is 179 g/mol. The van der Waals surface area contributed by atoms with Gasteiger partial charge in [-0.1, -0.05) is 20.8 Å². The molecule has 1 aromatic heterocycles. The van der Waals surface area contributed by atoms with Crippen molar-refractivity contribution >= 4 is 0 Å². The first-order valence-corrected chi connectivity index (χ1v) is 4.63. The van der Waals surface area contributed by atoms with Crippen LogP contribution in [0.3, 0.4) is 0 Å². The summed E-state index contributed by atoms with van der Waals surface area (Å²) in [5, 5.41) is 0. The van der Waals surface area contributed by atoms with Crippen LogP contribution < -0.4 is 4.74 Å². The summed E-state index contributed by atoms with van der Waals surface area (Å²) in [6.45, 7) is 9.17. The molecule has 0 aromatic carbocycles. The first-order chi connectivity index (χ1) is 6.04. The Labute approximate surface area is 80.0 Å². The van der Waals surface area contributed by atoms with E-state index < -0.39 is 0 Å². The molecule has 0 spiro atoms. The Bertz CT molecular complexity index is 276. The quantitative estimate of drug-likeness (QED) is 0.696. The fourth-order valence-electron chi connectivity index (χ4n) is 1.10. The second-order valence-corrected chi connectivity index (χ2v) is 4.07. The Morgan fingerprint density at radius 1 is 1.38 bits per heavy atom. The monoisotopic (exact) mass is 179 g/mol. The van der Waals surface area contributed by atoms with E-state index in [0.717, 1.165) is 5.88 Å².